The third-order valence-electron chi connectivity index (χ3n) is 6.15. The number of carbonyl (C=O) groups is 3. The van der Waals surface area contributed by atoms with Gasteiger partial charge in [0.15, 0.2) is 0 Å². The molecule has 162 valence electrons. The quantitative estimate of drug-likeness (QED) is 0.821. The van der Waals surface area contributed by atoms with E-state index >= 15 is 0 Å². The molecule has 0 aliphatic carbocycles. The number of likely N-dealkylation sites (tertiary alicyclic amines) is 2. The number of anilines is 1. The molecular formula is C22H30N4O4. The highest BCUT2D eigenvalue weighted by molar-refractivity contribution is 6.04. The van der Waals surface area contributed by atoms with Gasteiger partial charge in [-0.2, -0.15) is 0 Å². The van der Waals surface area contributed by atoms with Crippen molar-refractivity contribution in [3.63, 3.8) is 0 Å². The molecule has 0 bridgehead atoms. The number of morpholine rings is 1. The zero-order chi connectivity index (χ0) is 20.9. The molecule has 1 atom stereocenters. The molecule has 0 unspecified atom stereocenters. The molecule has 3 heterocycles. The number of para-hydroxylation sites is 1. The predicted molar refractivity (Wildman–Crippen MR) is 112 cm³/mol. The Bertz CT molecular complexity index is 787. The normalized spacial score (nSPS) is 22.1. The number of hydrogen-bond acceptors (Lipinski definition) is 4. The van der Waals surface area contributed by atoms with Gasteiger partial charge in [0, 0.05) is 39.3 Å². The molecule has 4 amide bonds. The van der Waals surface area contributed by atoms with E-state index < -0.39 is 0 Å². The van der Waals surface area contributed by atoms with E-state index in [0.717, 1.165) is 38.8 Å². The Morgan fingerprint density at radius 2 is 1.57 bits per heavy atom. The number of amides is 4. The molecule has 3 aliphatic rings. The van der Waals surface area contributed by atoms with Crippen molar-refractivity contribution in [1.29, 1.82) is 0 Å². The predicted octanol–water partition coefficient (Wildman–Crippen LogP) is 2.03. The zero-order valence-electron chi connectivity index (χ0n) is 17.3. The molecule has 8 nitrogen and oxygen atoms in total. The fraction of sp³-hybridized carbons (Fsp3) is 0.591. The van der Waals surface area contributed by atoms with Crippen molar-refractivity contribution in [3.05, 3.63) is 29.8 Å². The highest BCUT2D eigenvalue weighted by Gasteiger charge is 2.32. The minimum Gasteiger partial charge on any atom is -0.378 e. The molecule has 0 radical (unpaired) electrons. The maximum absolute atomic E-state index is 13.0. The number of urea groups is 1. The lowest BCUT2D eigenvalue weighted by molar-refractivity contribution is -0.121. The van der Waals surface area contributed by atoms with Crippen LogP contribution in [0.4, 0.5) is 10.5 Å². The van der Waals surface area contributed by atoms with Crippen LogP contribution in [0.1, 0.15) is 36.0 Å². The Morgan fingerprint density at radius 3 is 2.33 bits per heavy atom. The van der Waals surface area contributed by atoms with Crippen molar-refractivity contribution in [2.75, 3.05) is 57.8 Å². The van der Waals surface area contributed by atoms with Crippen molar-refractivity contribution in [1.82, 2.24) is 14.7 Å². The fourth-order valence-corrected chi connectivity index (χ4v) is 4.42. The van der Waals surface area contributed by atoms with Crippen LogP contribution in [-0.4, -0.2) is 85.0 Å². The first-order valence-electron chi connectivity index (χ1n) is 10.9. The van der Waals surface area contributed by atoms with E-state index in [0.29, 0.717) is 50.6 Å². The zero-order valence-corrected chi connectivity index (χ0v) is 17.3. The Hall–Kier alpha value is -2.61. The van der Waals surface area contributed by atoms with Gasteiger partial charge in [-0.15, -0.1) is 0 Å². The van der Waals surface area contributed by atoms with Crippen molar-refractivity contribution in [2.45, 2.75) is 25.7 Å². The van der Waals surface area contributed by atoms with Crippen LogP contribution < -0.4 is 5.32 Å². The van der Waals surface area contributed by atoms with Crippen molar-refractivity contribution in [2.24, 2.45) is 5.92 Å². The van der Waals surface area contributed by atoms with E-state index in [1.54, 1.807) is 23.1 Å². The van der Waals surface area contributed by atoms with Crippen LogP contribution in [0.5, 0.6) is 0 Å². The van der Waals surface area contributed by atoms with Gasteiger partial charge >= 0.3 is 6.03 Å². The first-order chi connectivity index (χ1) is 14.6. The lowest BCUT2D eigenvalue weighted by atomic mass is 9.97. The Morgan fingerprint density at radius 1 is 0.867 bits per heavy atom. The van der Waals surface area contributed by atoms with Crippen molar-refractivity contribution >= 4 is 23.5 Å². The van der Waals surface area contributed by atoms with E-state index in [1.165, 1.54) is 0 Å². The second-order valence-electron chi connectivity index (χ2n) is 8.20. The van der Waals surface area contributed by atoms with Crippen LogP contribution in [0.25, 0.3) is 0 Å². The minimum atomic E-state index is -0.267. The first kappa shape index (κ1) is 20.7. The largest absolute Gasteiger partial charge is 0.378 e. The van der Waals surface area contributed by atoms with Crippen LogP contribution in [-0.2, 0) is 9.53 Å². The molecule has 0 aromatic heterocycles. The molecule has 3 aliphatic heterocycles. The molecule has 8 heteroatoms. The first-order valence-corrected chi connectivity index (χ1v) is 10.9. The molecule has 1 N–H and O–H groups in total. The number of carbonyl (C=O) groups excluding carboxylic acids is 3. The highest BCUT2D eigenvalue weighted by Crippen LogP contribution is 2.23. The summed E-state index contributed by atoms with van der Waals surface area (Å²) >= 11 is 0. The van der Waals surface area contributed by atoms with Gasteiger partial charge in [0.05, 0.1) is 30.4 Å². The summed E-state index contributed by atoms with van der Waals surface area (Å²) in [5.74, 6) is -0.489. The van der Waals surface area contributed by atoms with Gasteiger partial charge in [-0.05, 0) is 37.8 Å². The van der Waals surface area contributed by atoms with Crippen LogP contribution in [0.2, 0.25) is 0 Å². The Labute approximate surface area is 177 Å². The highest BCUT2D eigenvalue weighted by atomic mass is 16.5. The van der Waals surface area contributed by atoms with Gasteiger partial charge in [0.2, 0.25) is 5.91 Å². The maximum atomic E-state index is 13.0. The molecule has 0 spiro atoms. The average molecular weight is 415 g/mol. The summed E-state index contributed by atoms with van der Waals surface area (Å²) < 4.78 is 5.33. The maximum Gasteiger partial charge on any atom is 0.320 e. The molecular weight excluding hydrogens is 384 g/mol. The van der Waals surface area contributed by atoms with Gasteiger partial charge in [0.25, 0.3) is 5.91 Å². The number of benzene rings is 1. The van der Waals surface area contributed by atoms with Gasteiger partial charge < -0.3 is 24.8 Å². The van der Waals surface area contributed by atoms with Crippen LogP contribution in [0, 0.1) is 5.92 Å². The summed E-state index contributed by atoms with van der Waals surface area (Å²) in [4.78, 5) is 44.1. The number of nitrogens with one attached hydrogen (secondary N) is 1. The van der Waals surface area contributed by atoms with Crippen LogP contribution in [0.15, 0.2) is 24.3 Å². The number of rotatable bonds is 3. The summed E-state index contributed by atoms with van der Waals surface area (Å²) in [5, 5.41) is 2.96. The SMILES string of the molecule is O=C(Nc1ccccc1C(=O)N1CCOCC1)[C@@H]1CCCN(C(=O)N2CCCC2)C1. The lowest BCUT2D eigenvalue weighted by Gasteiger charge is -2.34. The monoisotopic (exact) mass is 414 g/mol. The molecule has 3 fully saturated rings. The fourth-order valence-electron chi connectivity index (χ4n) is 4.42. The number of hydrogen-bond donors (Lipinski definition) is 1. The van der Waals surface area contributed by atoms with Gasteiger partial charge in [0.1, 0.15) is 0 Å². The molecule has 1 aromatic carbocycles. The Balaban J connectivity index is 1.41. The molecule has 30 heavy (non-hydrogen) atoms. The lowest BCUT2D eigenvalue weighted by Crippen LogP contribution is -2.48. The minimum absolute atomic E-state index is 0.0490. The second-order valence-corrected chi connectivity index (χ2v) is 8.20. The number of ether oxygens (including phenoxy) is 1. The standard InChI is InChI=1S/C22H30N4O4/c27-20(17-6-5-11-26(16-17)22(29)25-9-3-4-10-25)23-19-8-2-1-7-18(19)21(28)24-12-14-30-15-13-24/h1-2,7-8,17H,3-6,9-16H2,(H,23,27)/t17-/m1/s1. The third-order valence-corrected chi connectivity index (χ3v) is 6.15. The van der Waals surface area contributed by atoms with E-state index in [9.17, 15) is 14.4 Å². The van der Waals surface area contributed by atoms with Gasteiger partial charge in [-0.1, -0.05) is 12.1 Å². The Kier molecular flexibility index (Phi) is 6.52. The second kappa shape index (κ2) is 9.47. The topological polar surface area (TPSA) is 82.2 Å². The summed E-state index contributed by atoms with van der Waals surface area (Å²) in [5.41, 5.74) is 1.02. The van der Waals surface area contributed by atoms with Gasteiger partial charge in [-0.3, -0.25) is 9.59 Å². The molecule has 1 aromatic rings. The van der Waals surface area contributed by atoms with Gasteiger partial charge in [-0.25, -0.2) is 4.79 Å². The van der Waals surface area contributed by atoms with Crippen molar-refractivity contribution < 1.29 is 19.1 Å². The molecule has 0 saturated carbocycles. The van der Waals surface area contributed by atoms with Crippen LogP contribution >= 0.6 is 0 Å². The average Bonchev–Trinajstić information content (AvgIpc) is 3.34. The summed E-state index contributed by atoms with van der Waals surface area (Å²) in [6.07, 6.45) is 3.66. The van der Waals surface area contributed by atoms with E-state index in [-0.39, 0.29) is 23.8 Å². The molecule has 4 rings (SSSR count). The summed E-state index contributed by atoms with van der Waals surface area (Å²) in [7, 11) is 0. The summed E-state index contributed by atoms with van der Waals surface area (Å²) in [6, 6.07) is 7.18. The molecule has 3 saturated heterocycles. The smallest absolute Gasteiger partial charge is 0.320 e. The van der Waals surface area contributed by atoms with Crippen molar-refractivity contribution in [3.8, 4) is 0 Å². The van der Waals surface area contributed by atoms with E-state index in [2.05, 4.69) is 5.32 Å². The number of piperidine rings is 1. The third kappa shape index (κ3) is 4.59. The van der Waals surface area contributed by atoms with Crippen LogP contribution in [0.3, 0.4) is 0 Å². The van der Waals surface area contributed by atoms with E-state index in [1.807, 2.05) is 15.9 Å². The van der Waals surface area contributed by atoms with E-state index in [4.69, 9.17) is 4.74 Å². The number of nitrogens with zero attached hydrogens (tertiary/aromatic N) is 3. The summed E-state index contributed by atoms with van der Waals surface area (Å²) in [6.45, 7) is 4.92.